The lowest BCUT2D eigenvalue weighted by atomic mass is 10.0. The number of alkyl halides is 3. The minimum absolute atomic E-state index is 0.0821. The molecule has 25 heavy (non-hydrogen) atoms. The van der Waals surface area contributed by atoms with Crippen molar-refractivity contribution in [2.45, 2.75) is 6.36 Å². The van der Waals surface area contributed by atoms with Gasteiger partial charge in [-0.05, 0) is 24.3 Å². The van der Waals surface area contributed by atoms with E-state index in [1.54, 1.807) is 11.6 Å². The van der Waals surface area contributed by atoms with Gasteiger partial charge in [-0.25, -0.2) is 14.2 Å². The maximum Gasteiger partial charge on any atom is 0.573 e. The highest BCUT2D eigenvalue weighted by atomic mass is 19.4. The number of ether oxygens (including phenoxy) is 1. The number of hydrogen-bond acceptors (Lipinski definition) is 3. The molecule has 0 unspecified atom stereocenters. The predicted molar refractivity (Wildman–Crippen MR) is 79.8 cm³/mol. The Labute approximate surface area is 138 Å². The molecule has 0 saturated carbocycles. The SMILES string of the molecule is Cn1cnc2c(-c3ccc(OC(F)(F)F)cc3F)cc(C(=O)O)cc21. The summed E-state index contributed by atoms with van der Waals surface area (Å²) in [7, 11) is 1.64. The number of nitrogens with zero attached hydrogens (tertiary/aromatic N) is 2. The van der Waals surface area contributed by atoms with Gasteiger partial charge >= 0.3 is 12.3 Å². The van der Waals surface area contributed by atoms with Gasteiger partial charge in [0.2, 0.25) is 0 Å². The molecule has 5 nitrogen and oxygen atoms in total. The van der Waals surface area contributed by atoms with Crippen molar-refractivity contribution in [1.29, 1.82) is 0 Å². The van der Waals surface area contributed by atoms with Crippen LogP contribution < -0.4 is 4.74 Å². The molecule has 0 saturated heterocycles. The highest BCUT2D eigenvalue weighted by Crippen LogP contribution is 2.33. The van der Waals surface area contributed by atoms with Crippen molar-refractivity contribution in [2.24, 2.45) is 7.05 Å². The van der Waals surface area contributed by atoms with Gasteiger partial charge in [0.05, 0.1) is 22.9 Å². The van der Waals surface area contributed by atoms with E-state index in [1.807, 2.05) is 0 Å². The molecule has 0 spiro atoms. The van der Waals surface area contributed by atoms with E-state index < -0.39 is 23.9 Å². The van der Waals surface area contributed by atoms with Crippen LogP contribution in [-0.2, 0) is 7.05 Å². The van der Waals surface area contributed by atoms with E-state index in [0.29, 0.717) is 17.1 Å². The van der Waals surface area contributed by atoms with Crippen LogP contribution in [0.2, 0.25) is 0 Å². The van der Waals surface area contributed by atoms with Gasteiger partial charge in [-0.2, -0.15) is 0 Å². The number of aromatic carboxylic acids is 1. The van der Waals surface area contributed by atoms with Gasteiger partial charge in [-0.3, -0.25) is 0 Å². The second-order valence-electron chi connectivity index (χ2n) is 5.24. The monoisotopic (exact) mass is 354 g/mol. The summed E-state index contributed by atoms with van der Waals surface area (Å²) in [6.45, 7) is 0. The first-order chi connectivity index (χ1) is 11.7. The summed E-state index contributed by atoms with van der Waals surface area (Å²) in [5, 5.41) is 9.22. The first kappa shape index (κ1) is 16.7. The summed E-state index contributed by atoms with van der Waals surface area (Å²) < 4.78 is 56.3. The molecule has 130 valence electrons. The zero-order chi connectivity index (χ0) is 18.4. The molecule has 1 N–H and O–H groups in total. The minimum atomic E-state index is -4.94. The second-order valence-corrected chi connectivity index (χ2v) is 5.24. The number of carbonyl (C=O) groups is 1. The third kappa shape index (κ3) is 3.25. The molecular formula is C16H10F4N2O3. The minimum Gasteiger partial charge on any atom is -0.478 e. The Kier molecular flexibility index (Phi) is 3.86. The van der Waals surface area contributed by atoms with Crippen molar-refractivity contribution in [3.63, 3.8) is 0 Å². The van der Waals surface area contributed by atoms with Crippen LogP contribution in [0.4, 0.5) is 17.6 Å². The van der Waals surface area contributed by atoms with Gasteiger partial charge in [0.15, 0.2) is 0 Å². The number of carboxylic acid groups (broad SMARTS) is 1. The van der Waals surface area contributed by atoms with Gasteiger partial charge in [-0.15, -0.1) is 13.2 Å². The number of aromatic nitrogens is 2. The Hall–Kier alpha value is -3.10. The molecule has 3 rings (SSSR count). The summed E-state index contributed by atoms with van der Waals surface area (Å²) in [6, 6.07) is 5.23. The second kappa shape index (κ2) is 5.76. The Balaban J connectivity index is 2.17. The first-order valence-corrected chi connectivity index (χ1v) is 6.90. The molecule has 2 aromatic carbocycles. The topological polar surface area (TPSA) is 64.4 Å². The summed E-state index contributed by atoms with van der Waals surface area (Å²) in [5.74, 6) is -2.92. The number of hydrogen-bond donors (Lipinski definition) is 1. The molecule has 0 bridgehead atoms. The van der Waals surface area contributed by atoms with Crippen molar-refractivity contribution in [1.82, 2.24) is 9.55 Å². The molecule has 0 amide bonds. The van der Waals surface area contributed by atoms with Crippen LogP contribution in [0, 0.1) is 5.82 Å². The molecule has 0 fully saturated rings. The van der Waals surface area contributed by atoms with Gasteiger partial charge in [0.1, 0.15) is 11.6 Å². The molecule has 9 heteroatoms. The average molecular weight is 354 g/mol. The maximum absolute atomic E-state index is 14.3. The molecule has 0 atom stereocenters. The summed E-state index contributed by atoms with van der Waals surface area (Å²) in [6.07, 6.45) is -3.51. The van der Waals surface area contributed by atoms with Gasteiger partial charge in [-0.1, -0.05) is 0 Å². The zero-order valence-electron chi connectivity index (χ0n) is 12.6. The molecule has 1 heterocycles. The van der Waals surface area contributed by atoms with Crippen LogP contribution in [0.1, 0.15) is 10.4 Å². The maximum atomic E-state index is 14.3. The predicted octanol–water partition coefficient (Wildman–Crippen LogP) is 3.98. The van der Waals surface area contributed by atoms with Crippen LogP contribution >= 0.6 is 0 Å². The van der Waals surface area contributed by atoms with Crippen molar-refractivity contribution in [3.8, 4) is 16.9 Å². The standard InChI is InChI=1S/C16H10F4N2O3/c1-22-7-21-14-11(4-8(15(23)24)5-13(14)22)10-3-2-9(6-12(10)17)25-16(18,19)20/h2-7H,1H3,(H,23,24). The smallest absolute Gasteiger partial charge is 0.478 e. The van der Waals surface area contributed by atoms with Crippen molar-refractivity contribution >= 4 is 17.0 Å². The molecule has 0 radical (unpaired) electrons. The van der Waals surface area contributed by atoms with E-state index in [0.717, 1.165) is 12.1 Å². The van der Waals surface area contributed by atoms with E-state index in [-0.39, 0.29) is 16.7 Å². The number of fused-ring (bicyclic) bond motifs is 1. The van der Waals surface area contributed by atoms with Crippen LogP contribution in [0.3, 0.4) is 0 Å². The van der Waals surface area contributed by atoms with Crippen LogP contribution in [0.25, 0.3) is 22.2 Å². The van der Waals surface area contributed by atoms with Crippen molar-refractivity contribution in [2.75, 3.05) is 0 Å². The highest BCUT2D eigenvalue weighted by Gasteiger charge is 2.31. The van der Waals surface area contributed by atoms with Gasteiger partial charge in [0, 0.05) is 24.2 Å². The van der Waals surface area contributed by atoms with Crippen molar-refractivity contribution < 1.29 is 32.2 Å². The highest BCUT2D eigenvalue weighted by molar-refractivity contribution is 6.00. The molecule has 1 aromatic heterocycles. The molecule has 3 aromatic rings. The Bertz CT molecular complexity index is 979. The van der Waals surface area contributed by atoms with E-state index >= 15 is 0 Å². The van der Waals surface area contributed by atoms with Crippen LogP contribution in [-0.4, -0.2) is 27.0 Å². The third-order valence-corrected chi connectivity index (χ3v) is 3.54. The largest absolute Gasteiger partial charge is 0.573 e. The number of halogens is 4. The quantitative estimate of drug-likeness (QED) is 0.723. The molecule has 0 aliphatic heterocycles. The zero-order valence-corrected chi connectivity index (χ0v) is 12.6. The van der Waals surface area contributed by atoms with Crippen LogP contribution in [0.5, 0.6) is 5.75 Å². The summed E-state index contributed by atoms with van der Waals surface area (Å²) >= 11 is 0. The average Bonchev–Trinajstić information content (AvgIpc) is 2.87. The number of rotatable bonds is 3. The fraction of sp³-hybridized carbons (Fsp3) is 0.125. The first-order valence-electron chi connectivity index (χ1n) is 6.90. The molecular weight excluding hydrogens is 344 g/mol. The Morgan fingerprint density at radius 2 is 1.92 bits per heavy atom. The van der Waals surface area contributed by atoms with Crippen molar-refractivity contribution in [3.05, 3.63) is 48.0 Å². The Morgan fingerprint density at radius 1 is 1.20 bits per heavy atom. The lowest BCUT2D eigenvalue weighted by Crippen LogP contribution is -2.17. The van der Waals surface area contributed by atoms with E-state index in [4.69, 9.17) is 0 Å². The van der Waals surface area contributed by atoms with E-state index in [1.165, 1.54) is 18.5 Å². The number of aryl methyl sites for hydroxylation is 1. The Morgan fingerprint density at radius 3 is 2.52 bits per heavy atom. The summed E-state index contributed by atoms with van der Waals surface area (Å²) in [5.41, 5.74) is 0.759. The molecule has 0 aliphatic rings. The van der Waals surface area contributed by atoms with E-state index in [2.05, 4.69) is 9.72 Å². The van der Waals surface area contributed by atoms with Crippen LogP contribution in [0.15, 0.2) is 36.7 Å². The van der Waals surface area contributed by atoms with Gasteiger partial charge in [0.25, 0.3) is 0 Å². The lowest BCUT2D eigenvalue weighted by Gasteiger charge is -2.11. The summed E-state index contributed by atoms with van der Waals surface area (Å²) in [4.78, 5) is 15.4. The fourth-order valence-corrected chi connectivity index (χ4v) is 2.47. The normalized spacial score (nSPS) is 11.7. The third-order valence-electron chi connectivity index (χ3n) is 3.54. The number of benzene rings is 2. The number of imidazole rings is 1. The van der Waals surface area contributed by atoms with Gasteiger partial charge < -0.3 is 14.4 Å². The fourth-order valence-electron chi connectivity index (χ4n) is 2.47. The molecule has 0 aliphatic carbocycles. The number of carboxylic acids is 1. The van der Waals surface area contributed by atoms with E-state index in [9.17, 15) is 27.5 Å². The lowest BCUT2D eigenvalue weighted by molar-refractivity contribution is -0.274.